The molecule has 148 valence electrons. The van der Waals surface area contributed by atoms with Crippen LogP contribution in [0.2, 0.25) is 0 Å². The van der Waals surface area contributed by atoms with Crippen LogP contribution >= 0.6 is 11.3 Å². The lowest BCUT2D eigenvalue weighted by Gasteiger charge is -2.09. The van der Waals surface area contributed by atoms with Gasteiger partial charge in [-0.05, 0) is 62.2 Å². The third kappa shape index (κ3) is 3.06. The molecule has 5 nitrogen and oxygen atoms in total. The highest BCUT2D eigenvalue weighted by atomic mass is 32.1. The van der Waals surface area contributed by atoms with Crippen molar-refractivity contribution in [1.29, 1.82) is 0 Å². The molecule has 3 aromatic heterocycles. The number of hydrogen-bond donors (Lipinski definition) is 2. The van der Waals surface area contributed by atoms with Crippen LogP contribution < -0.4 is 5.32 Å². The molecule has 6 heteroatoms. The number of aromatic amines is 1. The van der Waals surface area contributed by atoms with Gasteiger partial charge in [0.2, 0.25) is 0 Å². The van der Waals surface area contributed by atoms with Gasteiger partial charge in [-0.2, -0.15) is 0 Å². The summed E-state index contributed by atoms with van der Waals surface area (Å²) in [6.45, 7) is 6.03. The fourth-order valence-corrected chi connectivity index (χ4v) is 5.09. The number of hydrogen-bond acceptors (Lipinski definition) is 4. The summed E-state index contributed by atoms with van der Waals surface area (Å²) in [7, 11) is 0. The number of rotatable bonds is 3. The Morgan fingerprint density at radius 2 is 1.77 bits per heavy atom. The lowest BCUT2D eigenvalue weighted by atomic mass is 10.1. The molecule has 0 aliphatic heterocycles. The first kappa shape index (κ1) is 18.5. The van der Waals surface area contributed by atoms with Gasteiger partial charge in [-0.3, -0.25) is 4.79 Å². The highest BCUT2D eigenvalue weighted by Crippen LogP contribution is 2.34. The van der Waals surface area contributed by atoms with Gasteiger partial charge in [0.25, 0.3) is 5.91 Å². The fourth-order valence-electron chi connectivity index (χ4n) is 3.89. The number of benzene rings is 2. The van der Waals surface area contributed by atoms with E-state index in [1.807, 2.05) is 62.4 Å². The Balaban J connectivity index is 1.54. The second kappa shape index (κ2) is 7.07. The summed E-state index contributed by atoms with van der Waals surface area (Å²) in [4.78, 5) is 27.4. The Morgan fingerprint density at radius 3 is 2.60 bits per heavy atom. The van der Waals surface area contributed by atoms with Crippen LogP contribution in [-0.4, -0.2) is 20.9 Å². The molecule has 3 heterocycles. The van der Waals surface area contributed by atoms with Crippen molar-refractivity contribution in [1.82, 2.24) is 15.0 Å². The number of carbonyl (C=O) groups excluding carboxylic acids is 1. The topological polar surface area (TPSA) is 70.7 Å². The monoisotopic (exact) mass is 412 g/mol. The van der Waals surface area contributed by atoms with E-state index in [0.29, 0.717) is 4.88 Å². The lowest BCUT2D eigenvalue weighted by molar-refractivity contribution is 0.103. The van der Waals surface area contributed by atoms with Crippen molar-refractivity contribution in [3.8, 4) is 11.4 Å². The average molecular weight is 413 g/mol. The van der Waals surface area contributed by atoms with Gasteiger partial charge in [-0.25, -0.2) is 9.97 Å². The van der Waals surface area contributed by atoms with Gasteiger partial charge in [0.05, 0.1) is 21.6 Å². The Hall–Kier alpha value is -3.51. The predicted octanol–water partition coefficient (Wildman–Crippen LogP) is 6.02. The summed E-state index contributed by atoms with van der Waals surface area (Å²) >= 11 is 1.44. The van der Waals surface area contributed by atoms with Crippen LogP contribution in [0, 0.1) is 20.8 Å². The summed E-state index contributed by atoms with van der Waals surface area (Å²) in [5, 5.41) is 4.16. The molecule has 0 bridgehead atoms. The van der Waals surface area contributed by atoms with Crippen LogP contribution in [0.25, 0.3) is 32.6 Å². The highest BCUT2D eigenvalue weighted by molar-refractivity contribution is 7.20. The van der Waals surface area contributed by atoms with Gasteiger partial charge >= 0.3 is 0 Å². The van der Waals surface area contributed by atoms with E-state index < -0.39 is 0 Å². The number of anilines is 1. The molecular weight excluding hydrogens is 392 g/mol. The normalized spacial score (nSPS) is 11.3. The number of carbonyl (C=O) groups is 1. The number of nitrogens with one attached hydrogen (secondary N) is 2. The number of aromatic nitrogens is 3. The number of para-hydroxylation sites is 3. The SMILES string of the molecule is Cc1cc(C)c2c(C)c(C(=O)Nc3ccccc3-c3nc4ccccc4[nH]3)sc2n1. The smallest absolute Gasteiger partial charge is 0.266 e. The van der Waals surface area contributed by atoms with Gasteiger partial charge in [-0.15, -0.1) is 11.3 Å². The van der Waals surface area contributed by atoms with Crippen molar-refractivity contribution in [2.24, 2.45) is 0 Å². The molecule has 0 unspecified atom stereocenters. The van der Waals surface area contributed by atoms with E-state index in [1.165, 1.54) is 11.3 Å². The van der Waals surface area contributed by atoms with Crippen LogP contribution in [0.5, 0.6) is 0 Å². The standard InChI is InChI=1S/C24H20N4OS/c1-13-12-14(2)25-24-20(13)15(3)21(30-24)23(29)28-17-9-5-4-8-16(17)22-26-18-10-6-7-11-19(18)27-22/h4-12H,1-3H3,(H,26,27)(H,28,29). The summed E-state index contributed by atoms with van der Waals surface area (Å²) in [6.07, 6.45) is 0. The molecule has 0 aliphatic rings. The molecule has 0 saturated carbocycles. The quantitative estimate of drug-likeness (QED) is 0.381. The predicted molar refractivity (Wildman–Crippen MR) is 123 cm³/mol. The van der Waals surface area contributed by atoms with Crippen molar-refractivity contribution < 1.29 is 4.79 Å². The van der Waals surface area contributed by atoms with Gasteiger partial charge in [0.15, 0.2) is 0 Å². The van der Waals surface area contributed by atoms with Crippen molar-refractivity contribution in [3.63, 3.8) is 0 Å². The van der Waals surface area contributed by atoms with E-state index in [4.69, 9.17) is 0 Å². The molecule has 5 rings (SSSR count). The zero-order chi connectivity index (χ0) is 20.8. The second-order valence-electron chi connectivity index (χ2n) is 7.42. The van der Waals surface area contributed by atoms with Crippen LogP contribution in [0.15, 0.2) is 54.6 Å². The summed E-state index contributed by atoms with van der Waals surface area (Å²) in [5.74, 6) is 0.601. The molecule has 0 radical (unpaired) electrons. The largest absolute Gasteiger partial charge is 0.338 e. The van der Waals surface area contributed by atoms with Gasteiger partial charge in [-0.1, -0.05) is 24.3 Å². The average Bonchev–Trinajstić information content (AvgIpc) is 3.29. The first-order valence-corrected chi connectivity index (χ1v) is 10.6. The van der Waals surface area contributed by atoms with E-state index >= 15 is 0 Å². The number of H-pyrrole nitrogens is 1. The molecule has 0 fully saturated rings. The summed E-state index contributed by atoms with van der Waals surface area (Å²) in [6, 6.07) is 17.7. The summed E-state index contributed by atoms with van der Waals surface area (Å²) < 4.78 is 0. The number of amides is 1. The Morgan fingerprint density at radius 1 is 1.00 bits per heavy atom. The molecule has 0 aliphatic carbocycles. The van der Waals surface area contributed by atoms with Crippen LogP contribution in [-0.2, 0) is 0 Å². The lowest BCUT2D eigenvalue weighted by Crippen LogP contribution is -2.12. The third-order valence-electron chi connectivity index (χ3n) is 5.25. The minimum atomic E-state index is -0.129. The van der Waals surface area contributed by atoms with Crippen LogP contribution in [0.1, 0.15) is 26.5 Å². The van der Waals surface area contributed by atoms with Crippen LogP contribution in [0.4, 0.5) is 5.69 Å². The van der Waals surface area contributed by atoms with E-state index in [-0.39, 0.29) is 5.91 Å². The zero-order valence-electron chi connectivity index (χ0n) is 16.9. The van der Waals surface area contributed by atoms with E-state index in [0.717, 1.165) is 55.1 Å². The third-order valence-corrected chi connectivity index (χ3v) is 6.44. The van der Waals surface area contributed by atoms with Crippen molar-refractivity contribution >= 4 is 44.2 Å². The molecule has 0 saturated heterocycles. The van der Waals surface area contributed by atoms with Crippen molar-refractivity contribution in [3.05, 3.63) is 76.3 Å². The number of nitrogens with zero attached hydrogens (tertiary/aromatic N) is 2. The van der Waals surface area contributed by atoms with Crippen molar-refractivity contribution in [2.45, 2.75) is 20.8 Å². The molecule has 0 atom stereocenters. The van der Waals surface area contributed by atoms with E-state index in [9.17, 15) is 4.79 Å². The highest BCUT2D eigenvalue weighted by Gasteiger charge is 2.19. The molecular formula is C24H20N4OS. The molecule has 2 N–H and O–H groups in total. The van der Waals surface area contributed by atoms with E-state index in [2.05, 4.69) is 33.3 Å². The Kier molecular flexibility index (Phi) is 4.37. The maximum absolute atomic E-state index is 13.2. The first-order chi connectivity index (χ1) is 14.5. The minimum Gasteiger partial charge on any atom is -0.338 e. The van der Waals surface area contributed by atoms with Crippen LogP contribution in [0.3, 0.4) is 0 Å². The van der Waals surface area contributed by atoms with Gasteiger partial charge in [0.1, 0.15) is 10.7 Å². The maximum atomic E-state index is 13.2. The second-order valence-corrected chi connectivity index (χ2v) is 8.42. The molecule has 5 aromatic rings. The first-order valence-electron chi connectivity index (χ1n) is 9.74. The number of thiophene rings is 1. The number of imidazole rings is 1. The Labute approximate surface area is 177 Å². The zero-order valence-corrected chi connectivity index (χ0v) is 17.7. The van der Waals surface area contributed by atoms with E-state index in [1.54, 1.807) is 0 Å². The number of pyridine rings is 1. The van der Waals surface area contributed by atoms with Gasteiger partial charge < -0.3 is 10.3 Å². The number of fused-ring (bicyclic) bond motifs is 2. The Bertz CT molecular complexity index is 1400. The fraction of sp³-hybridized carbons (Fsp3) is 0.125. The number of aryl methyl sites for hydroxylation is 3. The maximum Gasteiger partial charge on any atom is 0.266 e. The summed E-state index contributed by atoms with van der Waals surface area (Å²) in [5.41, 5.74) is 6.51. The van der Waals surface area contributed by atoms with Crippen molar-refractivity contribution in [2.75, 3.05) is 5.32 Å². The minimum absolute atomic E-state index is 0.129. The van der Waals surface area contributed by atoms with Gasteiger partial charge in [0, 0.05) is 16.6 Å². The molecule has 0 spiro atoms. The molecule has 30 heavy (non-hydrogen) atoms. The molecule has 1 amide bonds. The molecule has 2 aromatic carbocycles.